The third-order valence-electron chi connectivity index (χ3n) is 5.24. The van der Waals surface area contributed by atoms with Gasteiger partial charge in [0.1, 0.15) is 17.2 Å². The number of phenols is 1. The van der Waals surface area contributed by atoms with Gasteiger partial charge < -0.3 is 35.3 Å². The van der Waals surface area contributed by atoms with Gasteiger partial charge in [0, 0.05) is 23.4 Å². The van der Waals surface area contributed by atoms with Crippen molar-refractivity contribution < 1.29 is 142 Å². The summed E-state index contributed by atoms with van der Waals surface area (Å²) < 4.78 is 0. The van der Waals surface area contributed by atoms with E-state index in [1.54, 1.807) is 0 Å². The van der Waals surface area contributed by atoms with Crippen LogP contribution in [-0.4, -0.2) is 81.9 Å². The van der Waals surface area contributed by atoms with Crippen molar-refractivity contribution in [1.29, 1.82) is 0 Å². The molecule has 2 amide bonds. The monoisotopic (exact) mass is 598 g/mol. The zero-order valence-corrected chi connectivity index (χ0v) is 27.4. The third-order valence-corrected chi connectivity index (χ3v) is 7.68. The van der Waals surface area contributed by atoms with Gasteiger partial charge in [-0.3, -0.25) is 14.5 Å². The number of carbonyl (C=O) groups excluding carboxylic acids is 4. The number of aromatic hydroxyl groups is 1. The van der Waals surface area contributed by atoms with E-state index in [4.69, 9.17) is 0 Å². The Hall–Kier alpha value is -0.357. The zero-order chi connectivity index (χ0) is 25.3. The summed E-state index contributed by atoms with van der Waals surface area (Å²) in [5, 5.41) is 56.7. The average molecular weight is 599 g/mol. The number of rotatable bonds is 9. The number of thioether (sulfide) groups is 2. The van der Waals surface area contributed by atoms with E-state index in [0.717, 1.165) is 28.4 Å². The fraction of sp³-hybridized carbons (Fsp3) is 0.316. The van der Waals surface area contributed by atoms with Crippen molar-refractivity contribution in [2.45, 2.75) is 34.3 Å². The van der Waals surface area contributed by atoms with Crippen LogP contribution in [0.1, 0.15) is 18.1 Å². The molecule has 184 valence electrons. The zero-order valence-electron chi connectivity index (χ0n) is 19.5. The summed E-state index contributed by atoms with van der Waals surface area (Å²) in [5.74, 6) is -4.98. The molecule has 2 aromatic rings. The fourth-order valence-electron chi connectivity index (χ4n) is 3.68. The first-order valence-electron chi connectivity index (χ1n) is 9.94. The van der Waals surface area contributed by atoms with E-state index in [1.807, 2.05) is 0 Å². The second-order valence-corrected chi connectivity index (χ2v) is 9.74. The molecule has 1 aromatic carbocycles. The molecule has 0 spiro atoms. The van der Waals surface area contributed by atoms with Crippen LogP contribution < -0.4 is 118 Å². The fourth-order valence-corrected chi connectivity index (χ4v) is 6.21. The average Bonchev–Trinajstić information content (AvgIpc) is 3.33. The van der Waals surface area contributed by atoms with Crippen LogP contribution in [0.15, 0.2) is 40.7 Å². The van der Waals surface area contributed by atoms with Gasteiger partial charge in [0.25, 0.3) is 11.8 Å². The molecule has 0 bridgehead atoms. The van der Waals surface area contributed by atoms with Crippen molar-refractivity contribution in [3.05, 3.63) is 41.1 Å². The molecule has 2 aliphatic heterocycles. The van der Waals surface area contributed by atoms with Gasteiger partial charge in [-0.1, -0.05) is 23.9 Å². The topological polar surface area (TPSA) is 225 Å². The van der Waals surface area contributed by atoms with Crippen molar-refractivity contribution in [3.8, 4) is 5.75 Å². The molecule has 1 saturated heterocycles. The number of tetrazole rings is 1. The Kier molecular flexibility index (Phi) is 12.7. The Balaban J connectivity index is 0.00000241. The normalized spacial score (nSPS) is 19.9. The van der Waals surface area contributed by atoms with Crippen LogP contribution in [-0.2, 0) is 19.2 Å². The molecule has 1 fully saturated rings. The first-order chi connectivity index (χ1) is 16.7. The smallest absolute Gasteiger partial charge is 0.550 e. The number of phenolic OH excluding ortho intramolecular Hbond substituents is 1. The van der Waals surface area contributed by atoms with Crippen molar-refractivity contribution >= 4 is 47.3 Å². The predicted octanol–water partition coefficient (Wildman–Crippen LogP) is -9.35. The summed E-state index contributed by atoms with van der Waals surface area (Å²) in [6, 6.07) is 4.26. The van der Waals surface area contributed by atoms with Gasteiger partial charge in [-0.05, 0) is 33.7 Å². The second kappa shape index (κ2) is 14.3. The summed E-state index contributed by atoms with van der Waals surface area (Å²) >= 11 is 1.96. The Morgan fingerprint density at radius 2 is 2.03 bits per heavy atom. The molecule has 0 saturated carbocycles. The molecule has 4 N–H and O–H groups in total. The summed E-state index contributed by atoms with van der Waals surface area (Å²) in [6.45, 7) is 0. The van der Waals surface area contributed by atoms with Crippen LogP contribution in [0.2, 0.25) is 0 Å². The third kappa shape index (κ3) is 7.44. The number of carbonyl (C=O) groups is 4. The SMILES string of the molecule is O=C([O-])CC(Sc1nnn[nH]1)C1=C(C(=O)[O-])N2C(=O)C(NC(=O)C(O)c3cccc(O)c3)[C@@H]2SC1.[K+].[K+]. The quantitative estimate of drug-likeness (QED) is 0.120. The molecule has 2 aliphatic rings. The van der Waals surface area contributed by atoms with Gasteiger partial charge >= 0.3 is 103 Å². The minimum Gasteiger partial charge on any atom is -0.550 e. The summed E-state index contributed by atoms with van der Waals surface area (Å²) in [6.07, 6.45) is -2.26. The molecular weight excluding hydrogens is 583 g/mol. The molecule has 37 heavy (non-hydrogen) atoms. The van der Waals surface area contributed by atoms with Crippen molar-refractivity contribution in [3.63, 3.8) is 0 Å². The Morgan fingerprint density at radius 1 is 1.30 bits per heavy atom. The van der Waals surface area contributed by atoms with E-state index in [2.05, 4.69) is 25.9 Å². The van der Waals surface area contributed by atoms with Gasteiger partial charge in [0.2, 0.25) is 5.16 Å². The number of hydrogen-bond donors (Lipinski definition) is 4. The Labute approximate surface area is 302 Å². The number of β-lactam (4-membered cyclic amide) rings is 1. The van der Waals surface area contributed by atoms with Crippen molar-refractivity contribution in [2.24, 2.45) is 0 Å². The summed E-state index contributed by atoms with van der Waals surface area (Å²) in [7, 11) is 0. The van der Waals surface area contributed by atoms with E-state index in [0.29, 0.717) is 0 Å². The number of carboxylic acid groups (broad SMARTS) is 2. The number of H-pyrrole nitrogens is 1. The molecule has 0 aliphatic carbocycles. The first kappa shape index (κ1) is 32.9. The number of aromatic nitrogens is 4. The van der Waals surface area contributed by atoms with Gasteiger partial charge in [0.15, 0.2) is 6.10 Å². The molecular formula is C19H16K2N6O8S2. The van der Waals surface area contributed by atoms with E-state index < -0.39 is 58.6 Å². The first-order valence-corrected chi connectivity index (χ1v) is 11.9. The number of carboxylic acids is 2. The van der Waals surface area contributed by atoms with Gasteiger partial charge in [0.05, 0.1) is 11.7 Å². The van der Waals surface area contributed by atoms with Crippen LogP contribution in [0.3, 0.4) is 0 Å². The molecule has 3 heterocycles. The molecule has 1 aromatic heterocycles. The maximum absolute atomic E-state index is 12.8. The predicted molar refractivity (Wildman–Crippen MR) is 114 cm³/mol. The summed E-state index contributed by atoms with van der Waals surface area (Å²) in [4.78, 5) is 49.6. The summed E-state index contributed by atoms with van der Waals surface area (Å²) in [5.41, 5.74) is -0.289. The molecule has 4 rings (SSSR count). The number of benzene rings is 1. The standard InChI is InChI=1S/C19H18N6O8S2.2K/c26-8-3-1-2-7(4-8)14(29)15(30)20-12-16(31)25-13(18(32)33)9(6-34-17(12)25)10(5-11(27)28)35-19-21-23-24-22-19;;/h1-4,10,12,14,17,26,29H,5-6H2,(H,20,30)(H,27,28)(H,32,33)(H,21,22,23,24);;/q;2*+1/p-2/t10?,12?,14?,17-;;/m0../s1. The van der Waals surface area contributed by atoms with E-state index in [1.165, 1.54) is 24.3 Å². The Morgan fingerprint density at radius 3 is 2.62 bits per heavy atom. The van der Waals surface area contributed by atoms with Crippen LogP contribution in [0.5, 0.6) is 5.75 Å². The number of aliphatic carboxylic acids is 2. The minimum absolute atomic E-state index is 0. The van der Waals surface area contributed by atoms with Gasteiger partial charge in [-0.25, -0.2) is 5.10 Å². The maximum Gasteiger partial charge on any atom is 1.00 e. The molecule has 3 unspecified atom stereocenters. The number of nitrogens with one attached hydrogen (secondary N) is 2. The van der Waals surface area contributed by atoms with E-state index >= 15 is 0 Å². The number of nitrogens with zero attached hydrogens (tertiary/aromatic N) is 4. The minimum atomic E-state index is -1.69. The number of aliphatic hydroxyl groups is 1. The van der Waals surface area contributed by atoms with E-state index in [9.17, 15) is 39.6 Å². The largest absolute Gasteiger partial charge is 1.00 e. The number of aromatic amines is 1. The number of hydrogen-bond acceptors (Lipinski definition) is 13. The number of fused-ring (bicyclic) bond motifs is 1. The van der Waals surface area contributed by atoms with Gasteiger partial charge in [-0.15, -0.1) is 16.9 Å². The number of aliphatic hydroxyl groups excluding tert-OH is 1. The molecule has 14 nitrogen and oxygen atoms in total. The van der Waals surface area contributed by atoms with Crippen LogP contribution in [0.25, 0.3) is 0 Å². The second-order valence-electron chi connectivity index (χ2n) is 7.44. The van der Waals surface area contributed by atoms with Crippen LogP contribution >= 0.6 is 23.5 Å². The number of amides is 2. The van der Waals surface area contributed by atoms with Gasteiger partial charge in [-0.2, -0.15) is 0 Å². The van der Waals surface area contributed by atoms with Crippen LogP contribution in [0, 0.1) is 0 Å². The molecule has 4 atom stereocenters. The maximum atomic E-state index is 12.8. The van der Waals surface area contributed by atoms with Crippen LogP contribution in [0.4, 0.5) is 0 Å². The van der Waals surface area contributed by atoms with Crippen molar-refractivity contribution in [1.82, 2.24) is 30.8 Å². The molecule has 0 radical (unpaired) electrons. The van der Waals surface area contributed by atoms with E-state index in [-0.39, 0.29) is 131 Å². The Bertz CT molecular complexity index is 1220. The molecule has 18 heteroatoms. The van der Waals surface area contributed by atoms with Crippen molar-refractivity contribution in [2.75, 3.05) is 5.75 Å².